The van der Waals surface area contributed by atoms with E-state index >= 15 is 0 Å². The SMILES string of the molecule is CC1(C)O[C@@H]2[C@H](O1)[C@@H](COP(=O)(O)CP(=O)(O)OC[C@H]1O[C@@H](c3cccc(C(N)=O)c3)[C@@H]3OC(C)(C)O[C@@H]31)O[C@H]2n1cnc2c(N)ncnc21. The molecule has 1 aromatic carbocycles. The molecule has 0 aliphatic carbocycles. The van der Waals surface area contributed by atoms with Crippen LogP contribution in [0.25, 0.3) is 11.2 Å². The minimum Gasteiger partial charge on any atom is -0.382 e. The highest BCUT2D eigenvalue weighted by Crippen LogP contribution is 2.59. The van der Waals surface area contributed by atoms with Gasteiger partial charge < -0.3 is 58.7 Å². The van der Waals surface area contributed by atoms with Crippen LogP contribution in [-0.2, 0) is 46.6 Å². The van der Waals surface area contributed by atoms with Crippen molar-refractivity contribution in [2.24, 2.45) is 5.73 Å². The Morgan fingerprint density at radius 1 is 0.900 bits per heavy atom. The average Bonchev–Trinajstić information content (AvgIpc) is 3.80. The molecular weight excluding hydrogens is 702 g/mol. The van der Waals surface area contributed by atoms with E-state index in [2.05, 4.69) is 15.0 Å². The summed E-state index contributed by atoms with van der Waals surface area (Å²) in [7, 11) is -9.50. The van der Waals surface area contributed by atoms with Crippen LogP contribution in [-0.4, -0.2) is 103 Å². The first-order valence-corrected chi connectivity index (χ1v) is 19.2. The third kappa shape index (κ3) is 6.98. The fraction of sp³-hybridized carbons (Fsp3) is 0.586. The number of nitrogens with zero attached hydrogens (tertiary/aromatic N) is 4. The maximum Gasteiger partial charge on any atom is 0.340 e. The molecule has 21 heteroatoms. The molecule has 0 bridgehead atoms. The van der Waals surface area contributed by atoms with Gasteiger partial charge in [-0.3, -0.25) is 18.5 Å². The van der Waals surface area contributed by atoms with E-state index in [1.165, 1.54) is 12.7 Å². The first kappa shape index (κ1) is 35.5. The second kappa shape index (κ2) is 12.6. The Labute approximate surface area is 285 Å². The maximum absolute atomic E-state index is 13.1. The molecule has 4 aliphatic heterocycles. The van der Waals surface area contributed by atoms with Gasteiger partial charge in [0, 0.05) is 5.56 Å². The summed E-state index contributed by atoms with van der Waals surface area (Å²) in [5.74, 6) is -3.70. The molecule has 50 heavy (non-hydrogen) atoms. The number of aromatic nitrogens is 4. The van der Waals surface area contributed by atoms with Gasteiger partial charge in [0.2, 0.25) is 5.91 Å². The van der Waals surface area contributed by atoms with E-state index in [9.17, 15) is 23.7 Å². The largest absolute Gasteiger partial charge is 0.382 e. The fourth-order valence-corrected chi connectivity index (χ4v) is 9.93. The molecule has 6 heterocycles. The van der Waals surface area contributed by atoms with E-state index in [0.29, 0.717) is 16.7 Å². The molecular formula is C29H38N6O13P2. The number of ether oxygens (including phenoxy) is 6. The van der Waals surface area contributed by atoms with Crippen molar-refractivity contribution in [2.75, 3.05) is 24.9 Å². The van der Waals surface area contributed by atoms with Crippen molar-refractivity contribution < 1.29 is 61.2 Å². The van der Waals surface area contributed by atoms with Gasteiger partial charge in [0.25, 0.3) is 0 Å². The zero-order valence-electron chi connectivity index (χ0n) is 27.4. The first-order valence-electron chi connectivity index (χ1n) is 15.7. The Morgan fingerprint density at radius 3 is 2.16 bits per heavy atom. The average molecular weight is 741 g/mol. The Hall–Kier alpha value is -2.90. The number of nitrogen functional groups attached to an aromatic ring is 1. The van der Waals surface area contributed by atoms with Crippen molar-refractivity contribution in [1.29, 1.82) is 0 Å². The van der Waals surface area contributed by atoms with Crippen LogP contribution in [0.5, 0.6) is 0 Å². The Kier molecular flexibility index (Phi) is 8.98. The summed E-state index contributed by atoms with van der Waals surface area (Å²) in [6, 6.07) is 6.51. The molecule has 19 nitrogen and oxygen atoms in total. The number of hydrogen-bond donors (Lipinski definition) is 4. The van der Waals surface area contributed by atoms with Gasteiger partial charge in [-0.25, -0.2) is 15.0 Å². The van der Waals surface area contributed by atoms with Crippen molar-refractivity contribution in [2.45, 2.75) is 88.2 Å². The maximum atomic E-state index is 13.1. The molecule has 272 valence electrons. The first-order chi connectivity index (χ1) is 23.4. The van der Waals surface area contributed by atoms with E-state index in [1.54, 1.807) is 56.5 Å². The molecule has 0 spiro atoms. The van der Waals surface area contributed by atoms with Crippen LogP contribution in [0.4, 0.5) is 5.82 Å². The van der Waals surface area contributed by atoms with Crippen LogP contribution in [0, 0.1) is 0 Å². The minimum atomic E-state index is -4.75. The number of anilines is 1. The highest BCUT2D eigenvalue weighted by molar-refractivity contribution is 7.70. The van der Waals surface area contributed by atoms with E-state index in [4.69, 9.17) is 48.9 Å². The van der Waals surface area contributed by atoms with E-state index in [1.807, 2.05) is 0 Å². The Morgan fingerprint density at radius 2 is 1.50 bits per heavy atom. The lowest BCUT2D eigenvalue weighted by atomic mass is 10.00. The quantitative estimate of drug-likeness (QED) is 0.205. The van der Waals surface area contributed by atoms with Gasteiger partial charge in [-0.15, -0.1) is 0 Å². The summed E-state index contributed by atoms with van der Waals surface area (Å²) >= 11 is 0. The van der Waals surface area contributed by atoms with Gasteiger partial charge in [-0.1, -0.05) is 12.1 Å². The molecule has 2 aromatic heterocycles. The van der Waals surface area contributed by atoms with Gasteiger partial charge in [-0.05, 0) is 45.4 Å². The predicted octanol–water partition coefficient (Wildman–Crippen LogP) is 1.95. The third-order valence-electron chi connectivity index (χ3n) is 8.67. The fourth-order valence-electron chi connectivity index (χ4n) is 6.71. The van der Waals surface area contributed by atoms with Gasteiger partial charge in [0.1, 0.15) is 54.6 Å². The number of hydrogen-bond acceptors (Lipinski definition) is 15. The number of carbonyl (C=O) groups excluding carboxylic acids is 1. The second-order valence-electron chi connectivity index (χ2n) is 13.4. The summed E-state index contributed by atoms with van der Waals surface area (Å²) in [5, 5.41) is 0. The Balaban J connectivity index is 0.998. The van der Waals surface area contributed by atoms with Crippen LogP contribution in [0.2, 0.25) is 0 Å². The minimum absolute atomic E-state index is 0.172. The predicted molar refractivity (Wildman–Crippen MR) is 170 cm³/mol. The summed E-state index contributed by atoms with van der Waals surface area (Å²) in [6.07, 6.45) is -3.46. The number of primary amides is 1. The molecule has 1 amide bonds. The van der Waals surface area contributed by atoms with Crippen LogP contribution in [0.3, 0.4) is 0 Å². The van der Waals surface area contributed by atoms with Gasteiger partial charge in [0.15, 0.2) is 35.2 Å². The summed E-state index contributed by atoms with van der Waals surface area (Å²) in [5.41, 5.74) is 13.0. The molecule has 3 aromatic rings. The van der Waals surface area contributed by atoms with Crippen LogP contribution in [0.15, 0.2) is 36.9 Å². The zero-order chi connectivity index (χ0) is 35.8. The third-order valence-corrected chi connectivity index (χ3v) is 12.6. The summed E-state index contributed by atoms with van der Waals surface area (Å²) < 4.78 is 75.0. The molecule has 0 radical (unpaired) electrons. The van der Waals surface area contributed by atoms with Crippen molar-refractivity contribution >= 4 is 38.1 Å². The van der Waals surface area contributed by atoms with E-state index in [-0.39, 0.29) is 11.4 Å². The zero-order valence-corrected chi connectivity index (χ0v) is 29.2. The molecule has 10 atom stereocenters. The lowest BCUT2D eigenvalue weighted by Crippen LogP contribution is -2.33. The van der Waals surface area contributed by atoms with Gasteiger partial charge in [0.05, 0.1) is 19.5 Å². The highest BCUT2D eigenvalue weighted by atomic mass is 31.2. The lowest BCUT2D eigenvalue weighted by molar-refractivity contribution is -0.199. The second-order valence-corrected chi connectivity index (χ2v) is 17.6. The van der Waals surface area contributed by atoms with Crippen LogP contribution in [0.1, 0.15) is 55.9 Å². The van der Waals surface area contributed by atoms with Crippen molar-refractivity contribution in [1.82, 2.24) is 19.5 Å². The van der Waals surface area contributed by atoms with E-state index in [0.717, 1.165) is 0 Å². The molecule has 0 saturated carbocycles. The van der Waals surface area contributed by atoms with Gasteiger partial charge >= 0.3 is 15.2 Å². The summed E-state index contributed by atoms with van der Waals surface area (Å²) in [4.78, 5) is 45.6. The van der Waals surface area contributed by atoms with Gasteiger partial charge in [-0.2, -0.15) is 0 Å². The van der Waals surface area contributed by atoms with Crippen molar-refractivity contribution in [3.63, 3.8) is 0 Å². The molecule has 4 aliphatic rings. The summed E-state index contributed by atoms with van der Waals surface area (Å²) in [6.45, 7) is 5.87. The molecule has 4 saturated heterocycles. The van der Waals surface area contributed by atoms with E-state index < -0.39 is 101 Å². The number of imidazole rings is 1. The standard InChI is InChI=1S/C29H38N6O13P2/c1-28(2)45-20-16(43-19(22(20)47-28)14-6-5-7-15(8-14)25(31)36)9-41-49(37,38)13-50(39,40)42-10-17-21-23(48-29(3,4)46-21)27(44-17)35-12-34-18-24(30)32-11-33-26(18)35/h5-8,11-12,16-17,19-23,27H,9-10,13H2,1-4H3,(H2,31,36)(H,37,38)(H,39,40)(H2,30,32,33)/t16-,17-,19+,20-,21-,22+,23-,27-/m1/s1. The molecule has 7 rings (SSSR count). The number of nitrogens with two attached hydrogens (primary N) is 2. The lowest BCUT2D eigenvalue weighted by Gasteiger charge is -2.26. The topological polar surface area (TPSA) is 261 Å². The van der Waals surface area contributed by atoms with Crippen molar-refractivity contribution in [3.05, 3.63) is 48.0 Å². The van der Waals surface area contributed by atoms with Crippen LogP contribution >= 0.6 is 15.2 Å². The Bertz CT molecular complexity index is 1890. The highest BCUT2D eigenvalue weighted by Gasteiger charge is 2.58. The normalized spacial score (nSPS) is 33.6. The number of amides is 1. The number of rotatable bonds is 11. The van der Waals surface area contributed by atoms with Crippen molar-refractivity contribution in [3.8, 4) is 0 Å². The number of benzene rings is 1. The number of carbonyl (C=O) groups is 1. The number of fused-ring (bicyclic) bond motifs is 3. The molecule has 6 N–H and O–H groups in total. The van der Waals surface area contributed by atoms with Crippen LogP contribution < -0.4 is 11.5 Å². The molecule has 4 fully saturated rings. The monoisotopic (exact) mass is 740 g/mol. The molecule has 2 unspecified atom stereocenters. The smallest absolute Gasteiger partial charge is 0.340 e.